The molecule has 23 heavy (non-hydrogen) atoms. The Hall–Kier alpha value is -1.70. The maximum absolute atomic E-state index is 4.72. The monoisotopic (exact) mass is 360 g/mol. The van der Waals surface area contributed by atoms with Crippen LogP contribution in [0.25, 0.3) is 15.9 Å². The third kappa shape index (κ3) is 2.80. The van der Waals surface area contributed by atoms with Gasteiger partial charge in [-0.1, -0.05) is 19.4 Å². The molecule has 0 saturated carbocycles. The Morgan fingerprint density at radius 3 is 3.04 bits per heavy atom. The van der Waals surface area contributed by atoms with Gasteiger partial charge in [0.15, 0.2) is 0 Å². The van der Waals surface area contributed by atoms with E-state index in [1.807, 2.05) is 30.1 Å². The maximum Gasteiger partial charge on any atom is 0.127 e. The summed E-state index contributed by atoms with van der Waals surface area (Å²) in [5.41, 5.74) is 2.29. The largest absolute Gasteiger partial charge is 0.370 e. The zero-order valence-electron chi connectivity index (χ0n) is 12.7. The first-order valence-electron chi connectivity index (χ1n) is 7.52. The maximum atomic E-state index is 4.72. The fourth-order valence-corrected chi connectivity index (χ4v) is 5.45. The van der Waals surface area contributed by atoms with E-state index in [4.69, 9.17) is 4.37 Å². The molecule has 1 N–H and O–H groups in total. The zero-order valence-corrected chi connectivity index (χ0v) is 15.1. The van der Waals surface area contributed by atoms with Crippen LogP contribution in [0.5, 0.6) is 0 Å². The fourth-order valence-electron chi connectivity index (χ4n) is 2.58. The number of anilines is 1. The second-order valence-corrected chi connectivity index (χ2v) is 8.13. The summed E-state index contributed by atoms with van der Waals surface area (Å²) >= 11 is 5.18. The van der Waals surface area contributed by atoms with E-state index in [1.54, 1.807) is 22.9 Å². The average molecular weight is 361 g/mol. The highest BCUT2D eigenvalue weighted by Gasteiger charge is 2.19. The van der Waals surface area contributed by atoms with Crippen molar-refractivity contribution in [2.24, 2.45) is 0 Å². The normalized spacial score (nSPS) is 11.3. The molecule has 0 aromatic carbocycles. The SMILES string of the molecule is CCCc1sc2c(NCc3cccs3)snc2c1-n1ccnc1. The molecule has 4 nitrogen and oxygen atoms in total. The highest BCUT2D eigenvalue weighted by Crippen LogP contribution is 2.41. The summed E-state index contributed by atoms with van der Waals surface area (Å²) < 4.78 is 8.07. The molecule has 0 saturated heterocycles. The van der Waals surface area contributed by atoms with Gasteiger partial charge in [-0.2, -0.15) is 4.37 Å². The third-order valence-electron chi connectivity index (χ3n) is 3.61. The van der Waals surface area contributed by atoms with Gasteiger partial charge in [-0.25, -0.2) is 4.98 Å². The van der Waals surface area contributed by atoms with E-state index >= 15 is 0 Å². The molecule has 118 valence electrons. The van der Waals surface area contributed by atoms with Crippen molar-refractivity contribution >= 4 is 49.4 Å². The molecule has 4 aromatic heterocycles. The van der Waals surface area contributed by atoms with Crippen molar-refractivity contribution in [1.29, 1.82) is 0 Å². The van der Waals surface area contributed by atoms with Crippen molar-refractivity contribution in [3.05, 3.63) is 46.0 Å². The van der Waals surface area contributed by atoms with Gasteiger partial charge in [0.25, 0.3) is 0 Å². The quantitative estimate of drug-likeness (QED) is 0.516. The predicted molar refractivity (Wildman–Crippen MR) is 100 cm³/mol. The highest BCUT2D eigenvalue weighted by molar-refractivity contribution is 7.25. The Labute approximate surface area is 146 Å². The van der Waals surface area contributed by atoms with Gasteiger partial charge < -0.3 is 9.88 Å². The minimum absolute atomic E-state index is 0.858. The molecule has 0 aliphatic rings. The summed E-state index contributed by atoms with van der Waals surface area (Å²) in [5, 5.41) is 6.83. The molecule has 4 aromatic rings. The molecule has 4 rings (SSSR count). The lowest BCUT2D eigenvalue weighted by molar-refractivity contribution is 0.920. The molecular formula is C16H16N4S3. The van der Waals surface area contributed by atoms with E-state index in [0.29, 0.717) is 0 Å². The number of rotatable bonds is 6. The van der Waals surface area contributed by atoms with Crippen LogP contribution in [0.3, 0.4) is 0 Å². The van der Waals surface area contributed by atoms with Crippen molar-refractivity contribution in [1.82, 2.24) is 13.9 Å². The lowest BCUT2D eigenvalue weighted by Gasteiger charge is -2.02. The number of thiophene rings is 2. The van der Waals surface area contributed by atoms with Crippen LogP contribution < -0.4 is 5.32 Å². The minimum Gasteiger partial charge on any atom is -0.370 e. The van der Waals surface area contributed by atoms with E-state index in [9.17, 15) is 0 Å². The fraction of sp³-hybridized carbons (Fsp3) is 0.250. The van der Waals surface area contributed by atoms with Crippen LogP contribution in [0.4, 0.5) is 5.00 Å². The van der Waals surface area contributed by atoms with Crippen molar-refractivity contribution in [2.75, 3.05) is 5.32 Å². The van der Waals surface area contributed by atoms with Gasteiger partial charge in [0.2, 0.25) is 0 Å². The van der Waals surface area contributed by atoms with Gasteiger partial charge in [0.05, 0.1) is 23.3 Å². The van der Waals surface area contributed by atoms with Crippen molar-refractivity contribution in [3.8, 4) is 5.69 Å². The van der Waals surface area contributed by atoms with Gasteiger partial charge in [-0.3, -0.25) is 0 Å². The first-order valence-corrected chi connectivity index (χ1v) is 9.99. The number of hydrogen-bond acceptors (Lipinski definition) is 6. The number of hydrogen-bond donors (Lipinski definition) is 1. The molecule has 7 heteroatoms. The highest BCUT2D eigenvalue weighted by atomic mass is 32.1. The van der Waals surface area contributed by atoms with Crippen molar-refractivity contribution in [3.63, 3.8) is 0 Å². The van der Waals surface area contributed by atoms with Crippen molar-refractivity contribution < 1.29 is 0 Å². The van der Waals surface area contributed by atoms with Gasteiger partial charge >= 0.3 is 0 Å². The number of aryl methyl sites for hydroxylation is 1. The molecule has 0 spiro atoms. The number of fused-ring (bicyclic) bond motifs is 1. The molecule has 0 aliphatic heterocycles. The standard InChI is InChI=1S/C16H16N4S3/c1-2-4-12-14(20-7-6-17-10-20)13-15(22-12)16(23-19-13)18-9-11-5-3-8-21-11/h3,5-8,10,18H,2,4,9H2,1H3. The molecule has 0 amide bonds. The Kier molecular flexibility index (Phi) is 4.15. The first kappa shape index (κ1) is 14.9. The number of nitrogens with one attached hydrogen (secondary N) is 1. The molecule has 0 aliphatic carbocycles. The van der Waals surface area contributed by atoms with Gasteiger partial charge in [-0.05, 0) is 29.4 Å². The molecule has 0 unspecified atom stereocenters. The van der Waals surface area contributed by atoms with E-state index in [2.05, 4.69) is 39.3 Å². The number of nitrogens with zero attached hydrogens (tertiary/aromatic N) is 3. The molecule has 0 atom stereocenters. The van der Waals surface area contributed by atoms with E-state index in [0.717, 1.165) is 24.9 Å². The second kappa shape index (κ2) is 6.43. The van der Waals surface area contributed by atoms with Crippen LogP contribution in [0.2, 0.25) is 0 Å². The topological polar surface area (TPSA) is 42.7 Å². The summed E-state index contributed by atoms with van der Waals surface area (Å²) in [7, 11) is 0. The predicted octanol–water partition coefficient (Wildman–Crippen LogP) is 5.17. The number of imidazole rings is 1. The van der Waals surface area contributed by atoms with Gasteiger partial charge in [-0.15, -0.1) is 22.7 Å². The molecule has 0 bridgehead atoms. The Balaban J connectivity index is 1.72. The van der Waals surface area contributed by atoms with Gasteiger partial charge in [0, 0.05) is 22.1 Å². The Morgan fingerprint density at radius 1 is 1.35 bits per heavy atom. The molecular weight excluding hydrogens is 344 g/mol. The third-order valence-corrected chi connectivity index (χ3v) is 6.66. The summed E-state index contributed by atoms with van der Waals surface area (Å²) in [6.07, 6.45) is 7.88. The summed E-state index contributed by atoms with van der Waals surface area (Å²) in [4.78, 5) is 6.92. The van der Waals surface area contributed by atoms with Gasteiger partial charge in [0.1, 0.15) is 10.5 Å². The zero-order chi connectivity index (χ0) is 15.6. The van der Waals surface area contributed by atoms with Crippen LogP contribution in [0, 0.1) is 0 Å². The first-order chi connectivity index (χ1) is 11.4. The van der Waals surface area contributed by atoms with Crippen LogP contribution in [0.15, 0.2) is 36.2 Å². The van der Waals surface area contributed by atoms with E-state index in [1.165, 1.54) is 25.1 Å². The lowest BCUT2D eigenvalue weighted by atomic mass is 10.2. The smallest absolute Gasteiger partial charge is 0.127 e. The van der Waals surface area contributed by atoms with Crippen LogP contribution in [-0.2, 0) is 13.0 Å². The Morgan fingerprint density at radius 2 is 2.30 bits per heavy atom. The van der Waals surface area contributed by atoms with Crippen molar-refractivity contribution in [2.45, 2.75) is 26.3 Å². The average Bonchev–Trinajstić information content (AvgIpc) is 3.31. The van der Waals surface area contributed by atoms with Crippen LogP contribution in [0.1, 0.15) is 23.1 Å². The molecule has 4 heterocycles. The second-order valence-electron chi connectivity index (χ2n) is 5.22. The van der Waals surface area contributed by atoms with E-state index in [-0.39, 0.29) is 0 Å². The number of aromatic nitrogens is 3. The Bertz CT molecular complexity index is 888. The lowest BCUT2D eigenvalue weighted by Crippen LogP contribution is -1.94. The summed E-state index contributed by atoms with van der Waals surface area (Å²) in [6, 6.07) is 4.25. The molecule has 0 radical (unpaired) electrons. The molecule has 0 fully saturated rings. The summed E-state index contributed by atoms with van der Waals surface area (Å²) in [5.74, 6) is 0. The summed E-state index contributed by atoms with van der Waals surface area (Å²) in [6.45, 7) is 3.07. The van der Waals surface area contributed by atoms with E-state index < -0.39 is 0 Å². The van der Waals surface area contributed by atoms with Crippen LogP contribution in [-0.4, -0.2) is 13.9 Å². The van der Waals surface area contributed by atoms with Crippen LogP contribution >= 0.6 is 34.2 Å². The minimum atomic E-state index is 0.858.